The molecule has 2 N–H and O–H groups in total. The van der Waals surface area contributed by atoms with Gasteiger partial charge in [-0.3, -0.25) is 4.90 Å². The molecule has 15 heavy (non-hydrogen) atoms. The molecule has 2 aliphatic rings. The molecule has 1 saturated carbocycles. The van der Waals surface area contributed by atoms with Crippen LogP contribution < -0.4 is 5.73 Å². The van der Waals surface area contributed by atoms with Gasteiger partial charge in [0.2, 0.25) is 0 Å². The van der Waals surface area contributed by atoms with Gasteiger partial charge in [-0.1, -0.05) is 13.8 Å². The summed E-state index contributed by atoms with van der Waals surface area (Å²) in [5, 5.41) is 0. The molecule has 0 amide bonds. The Kier molecular flexibility index (Phi) is 3.36. The predicted octanol–water partition coefficient (Wildman–Crippen LogP) is 2.38. The van der Waals surface area contributed by atoms with E-state index in [2.05, 4.69) is 18.7 Å². The topological polar surface area (TPSA) is 29.3 Å². The van der Waals surface area contributed by atoms with Gasteiger partial charge >= 0.3 is 0 Å². The van der Waals surface area contributed by atoms with Gasteiger partial charge in [0.25, 0.3) is 0 Å². The largest absolute Gasteiger partial charge is 0.328 e. The van der Waals surface area contributed by atoms with Crippen LogP contribution in [0.4, 0.5) is 0 Å². The van der Waals surface area contributed by atoms with E-state index in [0.717, 1.165) is 6.04 Å². The van der Waals surface area contributed by atoms with Gasteiger partial charge in [0.05, 0.1) is 0 Å². The summed E-state index contributed by atoms with van der Waals surface area (Å²) in [4.78, 5) is 2.72. The number of nitrogens with zero attached hydrogens (tertiary/aromatic N) is 1. The molecule has 2 unspecified atom stereocenters. The second-order valence-corrected chi connectivity index (χ2v) is 5.65. The monoisotopic (exact) mass is 210 g/mol. The second kappa shape index (κ2) is 4.42. The summed E-state index contributed by atoms with van der Waals surface area (Å²) in [6.45, 7) is 7.36. The second-order valence-electron chi connectivity index (χ2n) is 5.65. The van der Waals surface area contributed by atoms with E-state index in [9.17, 15) is 0 Å². The van der Waals surface area contributed by atoms with Crippen LogP contribution in [-0.4, -0.2) is 30.1 Å². The van der Waals surface area contributed by atoms with Crippen molar-refractivity contribution in [3.8, 4) is 0 Å². The van der Waals surface area contributed by atoms with Crippen molar-refractivity contribution < 1.29 is 0 Å². The van der Waals surface area contributed by atoms with Crippen molar-refractivity contribution in [2.75, 3.05) is 13.1 Å². The minimum Gasteiger partial charge on any atom is -0.328 e. The van der Waals surface area contributed by atoms with Gasteiger partial charge in [-0.2, -0.15) is 0 Å². The highest BCUT2D eigenvalue weighted by atomic mass is 15.2. The van der Waals surface area contributed by atoms with Crippen molar-refractivity contribution in [2.45, 2.75) is 64.5 Å². The van der Waals surface area contributed by atoms with Gasteiger partial charge in [-0.05, 0) is 50.5 Å². The van der Waals surface area contributed by atoms with E-state index in [1.54, 1.807) is 0 Å². The van der Waals surface area contributed by atoms with Gasteiger partial charge in [0.1, 0.15) is 0 Å². The van der Waals surface area contributed by atoms with Gasteiger partial charge in [0.15, 0.2) is 0 Å². The average Bonchev–Trinajstić information content (AvgIpc) is 2.84. The number of hydrogen-bond donors (Lipinski definition) is 1. The predicted molar refractivity (Wildman–Crippen MR) is 64.8 cm³/mol. The first-order valence-corrected chi connectivity index (χ1v) is 6.69. The molecule has 0 aromatic heterocycles. The molecule has 2 heteroatoms. The Morgan fingerprint density at radius 2 is 2.00 bits per heavy atom. The number of nitrogens with two attached hydrogens (primary N) is 1. The lowest BCUT2D eigenvalue weighted by molar-refractivity contribution is 0.194. The van der Waals surface area contributed by atoms with E-state index in [-0.39, 0.29) is 0 Å². The molecule has 1 aliphatic carbocycles. The normalized spacial score (nSPS) is 36.2. The Morgan fingerprint density at radius 3 is 2.47 bits per heavy atom. The summed E-state index contributed by atoms with van der Waals surface area (Å²) < 4.78 is 0. The first kappa shape index (κ1) is 11.4. The molecule has 0 bridgehead atoms. The van der Waals surface area contributed by atoms with Gasteiger partial charge in [-0.25, -0.2) is 0 Å². The standard InChI is InChI=1S/C13H26N2/c1-3-13(4-2)7-8-15(10-13)12-6-5-11(14)9-12/h11-12H,3-10,14H2,1-2H3. The summed E-state index contributed by atoms with van der Waals surface area (Å²) in [7, 11) is 0. The molecule has 0 radical (unpaired) electrons. The molecule has 0 spiro atoms. The molecule has 1 heterocycles. The Balaban J connectivity index is 1.92. The molecule has 2 atom stereocenters. The van der Waals surface area contributed by atoms with Crippen molar-refractivity contribution in [3.05, 3.63) is 0 Å². The van der Waals surface area contributed by atoms with Crippen molar-refractivity contribution in [2.24, 2.45) is 11.1 Å². The summed E-state index contributed by atoms with van der Waals surface area (Å²) in [5.41, 5.74) is 6.63. The quantitative estimate of drug-likeness (QED) is 0.775. The van der Waals surface area contributed by atoms with Crippen molar-refractivity contribution in [1.82, 2.24) is 4.90 Å². The number of hydrogen-bond acceptors (Lipinski definition) is 2. The third-order valence-electron chi connectivity index (χ3n) is 4.93. The molecule has 2 nitrogen and oxygen atoms in total. The van der Waals surface area contributed by atoms with E-state index in [1.807, 2.05) is 0 Å². The fourth-order valence-electron chi connectivity index (χ4n) is 3.43. The highest BCUT2D eigenvalue weighted by molar-refractivity contribution is 4.94. The van der Waals surface area contributed by atoms with E-state index >= 15 is 0 Å². The molecule has 88 valence electrons. The maximum Gasteiger partial charge on any atom is 0.0111 e. The van der Waals surface area contributed by atoms with Crippen LogP contribution in [0.2, 0.25) is 0 Å². The van der Waals surface area contributed by atoms with Crippen LogP contribution in [0.5, 0.6) is 0 Å². The van der Waals surface area contributed by atoms with Crippen LogP contribution in [0.3, 0.4) is 0 Å². The Bertz CT molecular complexity index is 211. The fourth-order valence-corrected chi connectivity index (χ4v) is 3.43. The van der Waals surface area contributed by atoms with Gasteiger partial charge < -0.3 is 5.73 Å². The lowest BCUT2D eigenvalue weighted by Crippen LogP contribution is -2.34. The maximum absolute atomic E-state index is 6.00. The Morgan fingerprint density at radius 1 is 1.27 bits per heavy atom. The number of rotatable bonds is 3. The van der Waals surface area contributed by atoms with Gasteiger partial charge in [-0.15, -0.1) is 0 Å². The number of likely N-dealkylation sites (tertiary alicyclic amines) is 1. The van der Waals surface area contributed by atoms with E-state index in [4.69, 9.17) is 5.73 Å². The highest BCUT2D eigenvalue weighted by Crippen LogP contribution is 2.39. The molecular weight excluding hydrogens is 184 g/mol. The van der Waals surface area contributed by atoms with E-state index in [0.29, 0.717) is 11.5 Å². The molecular formula is C13H26N2. The highest BCUT2D eigenvalue weighted by Gasteiger charge is 2.39. The van der Waals surface area contributed by atoms with Crippen LogP contribution in [0.15, 0.2) is 0 Å². The third-order valence-corrected chi connectivity index (χ3v) is 4.93. The van der Waals surface area contributed by atoms with E-state index < -0.39 is 0 Å². The lowest BCUT2D eigenvalue weighted by Gasteiger charge is -2.29. The van der Waals surface area contributed by atoms with Crippen molar-refractivity contribution in [1.29, 1.82) is 0 Å². The van der Waals surface area contributed by atoms with Crippen LogP contribution in [0.25, 0.3) is 0 Å². The smallest absolute Gasteiger partial charge is 0.0111 e. The van der Waals surface area contributed by atoms with Crippen molar-refractivity contribution >= 4 is 0 Å². The summed E-state index contributed by atoms with van der Waals surface area (Å²) in [6.07, 6.45) is 7.92. The zero-order valence-electron chi connectivity index (χ0n) is 10.3. The SMILES string of the molecule is CCC1(CC)CCN(C2CCC(N)C2)C1. The van der Waals surface area contributed by atoms with Crippen LogP contribution >= 0.6 is 0 Å². The summed E-state index contributed by atoms with van der Waals surface area (Å²) >= 11 is 0. The molecule has 2 fully saturated rings. The molecule has 1 aliphatic heterocycles. The first-order chi connectivity index (χ1) is 7.19. The van der Waals surface area contributed by atoms with E-state index in [1.165, 1.54) is 51.6 Å². The minimum atomic E-state index is 0.480. The van der Waals surface area contributed by atoms with Crippen molar-refractivity contribution in [3.63, 3.8) is 0 Å². The Hall–Kier alpha value is -0.0800. The molecule has 2 rings (SSSR count). The zero-order chi connectivity index (χ0) is 10.9. The molecule has 1 saturated heterocycles. The summed E-state index contributed by atoms with van der Waals surface area (Å²) in [5.74, 6) is 0. The van der Waals surface area contributed by atoms with Crippen LogP contribution in [-0.2, 0) is 0 Å². The lowest BCUT2D eigenvalue weighted by atomic mass is 9.82. The third kappa shape index (κ3) is 2.21. The molecule has 0 aromatic rings. The van der Waals surface area contributed by atoms with Crippen LogP contribution in [0, 0.1) is 5.41 Å². The first-order valence-electron chi connectivity index (χ1n) is 6.69. The van der Waals surface area contributed by atoms with Crippen LogP contribution in [0.1, 0.15) is 52.4 Å². The molecule has 0 aromatic carbocycles. The fraction of sp³-hybridized carbons (Fsp3) is 1.00. The average molecular weight is 210 g/mol. The van der Waals surface area contributed by atoms with Gasteiger partial charge in [0, 0.05) is 18.6 Å². The zero-order valence-corrected chi connectivity index (χ0v) is 10.3. The Labute approximate surface area is 94.2 Å². The minimum absolute atomic E-state index is 0.480. The maximum atomic E-state index is 6.00. The summed E-state index contributed by atoms with van der Waals surface area (Å²) in [6, 6.07) is 1.29.